The van der Waals surface area contributed by atoms with E-state index in [-0.39, 0.29) is 13.2 Å². The SMILES string of the molecule is COc1ccc(NCc2cc(C)sc2C)cc1OCCO. The van der Waals surface area contributed by atoms with Crippen LogP contribution in [0.1, 0.15) is 15.3 Å². The van der Waals surface area contributed by atoms with Gasteiger partial charge in [0, 0.05) is 28.1 Å². The molecule has 1 heterocycles. The zero-order valence-electron chi connectivity index (χ0n) is 12.6. The van der Waals surface area contributed by atoms with Crippen LogP contribution in [0, 0.1) is 13.8 Å². The number of hydrogen-bond donors (Lipinski definition) is 2. The maximum absolute atomic E-state index is 8.87. The molecule has 5 heteroatoms. The number of aliphatic hydroxyl groups is 1. The van der Waals surface area contributed by atoms with E-state index in [1.54, 1.807) is 7.11 Å². The van der Waals surface area contributed by atoms with Gasteiger partial charge >= 0.3 is 0 Å². The molecule has 114 valence electrons. The van der Waals surface area contributed by atoms with Gasteiger partial charge in [-0.1, -0.05) is 0 Å². The topological polar surface area (TPSA) is 50.7 Å². The molecule has 0 amide bonds. The number of anilines is 1. The molecule has 0 aliphatic carbocycles. The van der Waals surface area contributed by atoms with Crippen LogP contribution in [0.3, 0.4) is 0 Å². The third-order valence-corrected chi connectivity index (χ3v) is 4.15. The van der Waals surface area contributed by atoms with E-state index in [1.165, 1.54) is 15.3 Å². The van der Waals surface area contributed by atoms with Crippen LogP contribution < -0.4 is 14.8 Å². The summed E-state index contributed by atoms with van der Waals surface area (Å²) in [6.07, 6.45) is 0. The first-order valence-corrected chi connectivity index (χ1v) is 7.67. The number of hydrogen-bond acceptors (Lipinski definition) is 5. The minimum absolute atomic E-state index is 0.0197. The third kappa shape index (κ3) is 4.12. The Morgan fingerprint density at radius 1 is 1.19 bits per heavy atom. The number of benzene rings is 1. The van der Waals surface area contributed by atoms with E-state index in [2.05, 4.69) is 25.2 Å². The molecule has 0 atom stereocenters. The Balaban J connectivity index is 2.07. The third-order valence-electron chi connectivity index (χ3n) is 3.14. The summed E-state index contributed by atoms with van der Waals surface area (Å²) in [6.45, 7) is 5.27. The summed E-state index contributed by atoms with van der Waals surface area (Å²) in [4.78, 5) is 2.66. The van der Waals surface area contributed by atoms with Crippen LogP contribution in [-0.4, -0.2) is 25.4 Å². The second kappa shape index (κ2) is 7.33. The second-order valence-electron chi connectivity index (χ2n) is 4.73. The van der Waals surface area contributed by atoms with E-state index in [1.807, 2.05) is 29.5 Å². The van der Waals surface area contributed by atoms with Crippen molar-refractivity contribution in [3.63, 3.8) is 0 Å². The zero-order valence-corrected chi connectivity index (χ0v) is 13.4. The fourth-order valence-electron chi connectivity index (χ4n) is 2.11. The lowest BCUT2D eigenvalue weighted by Gasteiger charge is -2.13. The van der Waals surface area contributed by atoms with Crippen LogP contribution in [0.4, 0.5) is 5.69 Å². The van der Waals surface area contributed by atoms with Crippen LogP contribution in [0.2, 0.25) is 0 Å². The number of rotatable bonds is 7. The highest BCUT2D eigenvalue weighted by Crippen LogP contribution is 2.30. The van der Waals surface area contributed by atoms with Gasteiger partial charge in [0.1, 0.15) is 6.61 Å². The van der Waals surface area contributed by atoms with E-state index in [4.69, 9.17) is 14.6 Å². The van der Waals surface area contributed by atoms with E-state index in [9.17, 15) is 0 Å². The van der Waals surface area contributed by atoms with E-state index >= 15 is 0 Å². The van der Waals surface area contributed by atoms with Gasteiger partial charge in [-0.3, -0.25) is 0 Å². The molecule has 0 saturated heterocycles. The van der Waals surface area contributed by atoms with E-state index in [0.717, 1.165) is 12.2 Å². The minimum atomic E-state index is -0.0197. The predicted octanol–water partition coefficient (Wildman–Crippen LogP) is 3.36. The maximum atomic E-state index is 8.87. The average Bonchev–Trinajstić information content (AvgIpc) is 2.81. The summed E-state index contributed by atoms with van der Waals surface area (Å²) >= 11 is 1.81. The predicted molar refractivity (Wildman–Crippen MR) is 86.7 cm³/mol. The largest absolute Gasteiger partial charge is 0.493 e. The van der Waals surface area contributed by atoms with Gasteiger partial charge in [-0.25, -0.2) is 0 Å². The summed E-state index contributed by atoms with van der Waals surface area (Å²) in [5.41, 5.74) is 2.28. The molecular weight excluding hydrogens is 286 g/mol. The summed E-state index contributed by atoms with van der Waals surface area (Å²) in [5.74, 6) is 1.30. The van der Waals surface area contributed by atoms with Crippen LogP contribution >= 0.6 is 11.3 Å². The number of thiophene rings is 1. The first-order valence-electron chi connectivity index (χ1n) is 6.85. The highest BCUT2D eigenvalue weighted by atomic mass is 32.1. The van der Waals surface area contributed by atoms with Crippen molar-refractivity contribution in [1.29, 1.82) is 0 Å². The van der Waals surface area contributed by atoms with Gasteiger partial charge in [-0.05, 0) is 37.6 Å². The number of methoxy groups -OCH3 is 1. The van der Waals surface area contributed by atoms with Gasteiger partial charge in [0.15, 0.2) is 11.5 Å². The van der Waals surface area contributed by atoms with Crippen molar-refractivity contribution in [3.8, 4) is 11.5 Å². The van der Waals surface area contributed by atoms with Gasteiger partial charge in [-0.2, -0.15) is 0 Å². The number of aliphatic hydroxyl groups excluding tert-OH is 1. The van der Waals surface area contributed by atoms with Crippen LogP contribution in [0.15, 0.2) is 24.3 Å². The molecule has 0 fully saturated rings. The molecular formula is C16H21NO3S. The maximum Gasteiger partial charge on any atom is 0.163 e. The van der Waals surface area contributed by atoms with Gasteiger partial charge in [0.25, 0.3) is 0 Å². The lowest BCUT2D eigenvalue weighted by molar-refractivity contribution is 0.196. The van der Waals surface area contributed by atoms with Crippen molar-refractivity contribution in [3.05, 3.63) is 39.6 Å². The Labute approximate surface area is 129 Å². The van der Waals surface area contributed by atoms with Crippen LogP contribution in [0.5, 0.6) is 11.5 Å². The zero-order chi connectivity index (χ0) is 15.2. The monoisotopic (exact) mass is 307 g/mol. The van der Waals surface area contributed by atoms with Crippen molar-refractivity contribution in [1.82, 2.24) is 0 Å². The molecule has 0 saturated carbocycles. The quantitative estimate of drug-likeness (QED) is 0.823. The van der Waals surface area contributed by atoms with Crippen LogP contribution in [0.25, 0.3) is 0 Å². The highest BCUT2D eigenvalue weighted by molar-refractivity contribution is 7.12. The first kappa shape index (κ1) is 15.7. The number of aryl methyl sites for hydroxylation is 2. The fraction of sp³-hybridized carbons (Fsp3) is 0.375. The van der Waals surface area contributed by atoms with Gasteiger partial charge in [-0.15, -0.1) is 11.3 Å². The molecule has 0 aliphatic heterocycles. The summed E-state index contributed by atoms with van der Waals surface area (Å²) in [7, 11) is 1.60. The van der Waals surface area contributed by atoms with Crippen molar-refractivity contribution < 1.29 is 14.6 Å². The number of ether oxygens (including phenoxy) is 2. The molecule has 2 N–H and O–H groups in total. The molecule has 21 heavy (non-hydrogen) atoms. The first-order chi connectivity index (χ1) is 10.1. The summed E-state index contributed by atoms with van der Waals surface area (Å²) in [5, 5.41) is 12.3. The standard InChI is InChI=1S/C16H21NO3S/c1-11-8-13(12(2)21-11)10-17-14-4-5-15(19-3)16(9-14)20-7-6-18/h4-5,8-9,17-18H,6-7,10H2,1-3H3. The Morgan fingerprint density at radius 2 is 2.00 bits per heavy atom. The van der Waals surface area contributed by atoms with Crippen molar-refractivity contribution in [2.45, 2.75) is 20.4 Å². The van der Waals surface area contributed by atoms with E-state index in [0.29, 0.717) is 11.5 Å². The normalized spacial score (nSPS) is 10.5. The molecule has 1 aromatic carbocycles. The Bertz CT molecular complexity index is 595. The second-order valence-corrected chi connectivity index (χ2v) is 6.19. The van der Waals surface area contributed by atoms with Crippen molar-refractivity contribution in [2.75, 3.05) is 25.6 Å². The summed E-state index contributed by atoms with van der Waals surface area (Å²) < 4.78 is 10.7. The molecule has 1 aromatic heterocycles. The van der Waals surface area contributed by atoms with Gasteiger partial charge in [0.05, 0.1) is 13.7 Å². The molecule has 0 radical (unpaired) electrons. The average molecular weight is 307 g/mol. The van der Waals surface area contributed by atoms with Crippen molar-refractivity contribution >= 4 is 17.0 Å². The molecule has 2 aromatic rings. The Morgan fingerprint density at radius 3 is 2.62 bits per heavy atom. The fourth-order valence-corrected chi connectivity index (χ4v) is 3.06. The highest BCUT2D eigenvalue weighted by Gasteiger charge is 2.07. The van der Waals surface area contributed by atoms with Gasteiger partial charge < -0.3 is 19.9 Å². The lowest BCUT2D eigenvalue weighted by Crippen LogP contribution is -2.04. The smallest absolute Gasteiger partial charge is 0.163 e. The summed E-state index contributed by atoms with van der Waals surface area (Å²) in [6, 6.07) is 7.92. The van der Waals surface area contributed by atoms with Crippen molar-refractivity contribution in [2.24, 2.45) is 0 Å². The van der Waals surface area contributed by atoms with Gasteiger partial charge in [0.2, 0.25) is 0 Å². The molecule has 0 aliphatic rings. The molecule has 0 unspecified atom stereocenters. The molecule has 2 rings (SSSR count). The molecule has 0 spiro atoms. The van der Waals surface area contributed by atoms with E-state index < -0.39 is 0 Å². The molecule has 4 nitrogen and oxygen atoms in total. The lowest BCUT2D eigenvalue weighted by atomic mass is 10.2. The molecule has 0 bridgehead atoms. The Hall–Kier alpha value is -1.72. The minimum Gasteiger partial charge on any atom is -0.493 e. The number of nitrogens with one attached hydrogen (secondary N) is 1. The Kier molecular flexibility index (Phi) is 5.47. The van der Waals surface area contributed by atoms with Crippen LogP contribution in [-0.2, 0) is 6.54 Å².